The van der Waals surface area contributed by atoms with Crippen LogP contribution in [0.3, 0.4) is 0 Å². The molecule has 5 nitrogen and oxygen atoms in total. The van der Waals surface area contributed by atoms with Crippen LogP contribution in [0.1, 0.15) is 31.9 Å². The molecule has 1 aromatic carbocycles. The average Bonchev–Trinajstić information content (AvgIpc) is 2.54. The highest BCUT2D eigenvalue weighted by molar-refractivity contribution is 5.82. The minimum absolute atomic E-state index is 0.0188. The lowest BCUT2D eigenvalue weighted by atomic mass is 9.76. The van der Waals surface area contributed by atoms with E-state index in [-0.39, 0.29) is 30.0 Å². The van der Waals surface area contributed by atoms with Crippen LogP contribution in [-0.4, -0.2) is 27.7 Å². The third kappa shape index (κ3) is 3.22. The van der Waals surface area contributed by atoms with Gasteiger partial charge in [-0.25, -0.2) is 0 Å². The highest BCUT2D eigenvalue weighted by atomic mass is 16.3. The van der Waals surface area contributed by atoms with Crippen LogP contribution in [0.5, 0.6) is 0 Å². The zero-order valence-electron chi connectivity index (χ0n) is 14.2. The number of hydrogen-bond acceptors (Lipinski definition) is 3. The molecule has 24 heavy (non-hydrogen) atoms. The molecule has 1 aliphatic carbocycles. The number of aliphatic hydroxyl groups excluding tert-OH is 1. The molecule has 2 aromatic rings. The first-order valence-electron chi connectivity index (χ1n) is 8.56. The van der Waals surface area contributed by atoms with Crippen molar-refractivity contribution in [3.05, 3.63) is 46.2 Å². The number of nitrogens with zero attached hydrogens (tertiary/aromatic N) is 1. The SMILES string of the molecule is CCC(NC(=O)Cn1c(C)cc(=O)c2ccccc21)C1CC(O)C1. The highest BCUT2D eigenvalue weighted by Crippen LogP contribution is 2.31. The van der Waals surface area contributed by atoms with Crippen molar-refractivity contribution in [2.45, 2.75) is 51.8 Å². The summed E-state index contributed by atoms with van der Waals surface area (Å²) < 4.78 is 1.88. The van der Waals surface area contributed by atoms with Crippen LogP contribution in [0.25, 0.3) is 10.9 Å². The van der Waals surface area contributed by atoms with Crippen LogP contribution in [0.2, 0.25) is 0 Å². The van der Waals surface area contributed by atoms with Gasteiger partial charge in [0.2, 0.25) is 5.91 Å². The number of carbonyl (C=O) groups is 1. The van der Waals surface area contributed by atoms with Crippen LogP contribution in [0.15, 0.2) is 35.1 Å². The molecule has 1 saturated carbocycles. The summed E-state index contributed by atoms with van der Waals surface area (Å²) in [6.45, 7) is 4.09. The Labute approximate surface area is 141 Å². The van der Waals surface area contributed by atoms with E-state index in [9.17, 15) is 14.7 Å². The molecule has 2 N–H and O–H groups in total. The van der Waals surface area contributed by atoms with E-state index in [2.05, 4.69) is 12.2 Å². The maximum atomic E-state index is 12.5. The molecule has 1 aliphatic rings. The third-order valence-electron chi connectivity index (χ3n) is 5.03. The molecule has 0 saturated heterocycles. The molecule has 1 heterocycles. The Balaban J connectivity index is 1.79. The summed E-state index contributed by atoms with van der Waals surface area (Å²) in [7, 11) is 0. The fraction of sp³-hybridized carbons (Fsp3) is 0.474. The lowest BCUT2D eigenvalue weighted by Gasteiger charge is -2.37. The molecule has 1 fully saturated rings. The number of aromatic nitrogens is 1. The molecule has 1 unspecified atom stereocenters. The van der Waals surface area contributed by atoms with E-state index in [1.165, 1.54) is 0 Å². The predicted molar refractivity (Wildman–Crippen MR) is 93.9 cm³/mol. The molecular formula is C19H24N2O3. The average molecular weight is 328 g/mol. The summed E-state index contributed by atoms with van der Waals surface area (Å²) in [5.41, 5.74) is 1.54. The number of amides is 1. The lowest BCUT2D eigenvalue weighted by Crippen LogP contribution is -2.47. The summed E-state index contributed by atoms with van der Waals surface area (Å²) in [5, 5.41) is 13.2. The zero-order valence-corrected chi connectivity index (χ0v) is 14.2. The Bertz CT molecular complexity index is 806. The van der Waals surface area contributed by atoms with Crippen LogP contribution in [-0.2, 0) is 11.3 Å². The first-order valence-corrected chi connectivity index (χ1v) is 8.56. The van der Waals surface area contributed by atoms with Crippen molar-refractivity contribution in [1.29, 1.82) is 0 Å². The van der Waals surface area contributed by atoms with E-state index in [1.807, 2.05) is 29.7 Å². The molecular weight excluding hydrogens is 304 g/mol. The number of para-hydroxylation sites is 1. The van der Waals surface area contributed by atoms with E-state index >= 15 is 0 Å². The second kappa shape index (κ2) is 6.77. The van der Waals surface area contributed by atoms with E-state index in [1.54, 1.807) is 12.1 Å². The minimum atomic E-state index is -0.217. The Hall–Kier alpha value is -2.14. The van der Waals surface area contributed by atoms with Gasteiger partial charge in [-0.15, -0.1) is 0 Å². The molecule has 0 radical (unpaired) electrons. The molecule has 3 rings (SSSR count). The number of fused-ring (bicyclic) bond motifs is 1. The summed E-state index contributed by atoms with van der Waals surface area (Å²) in [6.07, 6.45) is 2.16. The van der Waals surface area contributed by atoms with E-state index in [0.29, 0.717) is 11.3 Å². The van der Waals surface area contributed by atoms with Crippen LogP contribution >= 0.6 is 0 Å². The molecule has 1 aromatic heterocycles. The van der Waals surface area contributed by atoms with Gasteiger partial charge in [0, 0.05) is 23.2 Å². The molecule has 0 bridgehead atoms. The second-order valence-electron chi connectivity index (χ2n) is 6.72. The minimum Gasteiger partial charge on any atom is -0.393 e. The van der Waals surface area contributed by atoms with Crippen molar-refractivity contribution >= 4 is 16.8 Å². The monoisotopic (exact) mass is 328 g/mol. The Morgan fingerprint density at radius 1 is 1.38 bits per heavy atom. The molecule has 0 spiro atoms. The molecule has 1 atom stereocenters. The lowest BCUT2D eigenvalue weighted by molar-refractivity contribution is -0.123. The van der Waals surface area contributed by atoms with Gasteiger partial charge in [-0.3, -0.25) is 9.59 Å². The predicted octanol–water partition coefficient (Wildman–Crippen LogP) is 1.98. The maximum absolute atomic E-state index is 12.5. The number of rotatable bonds is 5. The second-order valence-corrected chi connectivity index (χ2v) is 6.72. The van der Waals surface area contributed by atoms with Gasteiger partial charge in [0.25, 0.3) is 0 Å². The quantitative estimate of drug-likeness (QED) is 0.881. The van der Waals surface area contributed by atoms with Gasteiger partial charge in [0.15, 0.2) is 5.43 Å². The van der Waals surface area contributed by atoms with E-state index in [0.717, 1.165) is 30.5 Å². The third-order valence-corrected chi connectivity index (χ3v) is 5.03. The Morgan fingerprint density at radius 3 is 2.75 bits per heavy atom. The van der Waals surface area contributed by atoms with Crippen LogP contribution < -0.4 is 10.7 Å². The molecule has 1 amide bonds. The van der Waals surface area contributed by atoms with Crippen molar-refractivity contribution in [2.75, 3.05) is 0 Å². The Morgan fingerprint density at radius 2 is 2.08 bits per heavy atom. The fourth-order valence-corrected chi connectivity index (χ4v) is 3.57. The number of nitrogens with one attached hydrogen (secondary N) is 1. The van der Waals surface area contributed by atoms with Crippen molar-refractivity contribution in [2.24, 2.45) is 5.92 Å². The maximum Gasteiger partial charge on any atom is 0.240 e. The topological polar surface area (TPSA) is 71.3 Å². The van der Waals surface area contributed by atoms with Gasteiger partial charge in [-0.2, -0.15) is 0 Å². The number of carbonyl (C=O) groups excluding carboxylic acids is 1. The van der Waals surface area contributed by atoms with Gasteiger partial charge in [-0.1, -0.05) is 19.1 Å². The molecule has 128 valence electrons. The van der Waals surface area contributed by atoms with Crippen molar-refractivity contribution in [3.8, 4) is 0 Å². The number of benzene rings is 1. The standard InChI is InChI=1S/C19H24N2O3/c1-3-16(13-9-14(22)10-13)20-19(24)11-21-12(2)8-18(23)15-6-4-5-7-17(15)21/h4-8,13-14,16,22H,3,9-11H2,1-2H3,(H,20,24). The van der Waals surface area contributed by atoms with Gasteiger partial charge >= 0.3 is 0 Å². The number of pyridine rings is 1. The van der Waals surface area contributed by atoms with Crippen molar-refractivity contribution < 1.29 is 9.90 Å². The van der Waals surface area contributed by atoms with E-state index in [4.69, 9.17) is 0 Å². The smallest absolute Gasteiger partial charge is 0.240 e. The summed E-state index contributed by atoms with van der Waals surface area (Å²) in [4.78, 5) is 24.6. The van der Waals surface area contributed by atoms with Gasteiger partial charge in [0.1, 0.15) is 6.54 Å². The fourth-order valence-electron chi connectivity index (χ4n) is 3.57. The number of hydrogen-bond donors (Lipinski definition) is 2. The zero-order chi connectivity index (χ0) is 17.3. The highest BCUT2D eigenvalue weighted by Gasteiger charge is 2.33. The molecule has 0 aliphatic heterocycles. The summed E-state index contributed by atoms with van der Waals surface area (Å²) in [6, 6.07) is 9.05. The summed E-state index contributed by atoms with van der Waals surface area (Å²) >= 11 is 0. The normalized spacial score (nSPS) is 21.3. The van der Waals surface area contributed by atoms with Crippen LogP contribution in [0, 0.1) is 12.8 Å². The van der Waals surface area contributed by atoms with Gasteiger partial charge in [0.05, 0.1) is 11.6 Å². The number of aliphatic hydroxyl groups is 1. The first-order chi connectivity index (χ1) is 11.5. The summed E-state index contributed by atoms with van der Waals surface area (Å²) in [5.74, 6) is 0.306. The first kappa shape index (κ1) is 16.7. The van der Waals surface area contributed by atoms with Gasteiger partial charge in [-0.05, 0) is 44.2 Å². The Kier molecular flexibility index (Phi) is 4.71. The molecule has 5 heteroatoms. The van der Waals surface area contributed by atoms with Crippen molar-refractivity contribution in [1.82, 2.24) is 9.88 Å². The largest absolute Gasteiger partial charge is 0.393 e. The van der Waals surface area contributed by atoms with Gasteiger partial charge < -0.3 is 15.0 Å². The van der Waals surface area contributed by atoms with E-state index < -0.39 is 0 Å². The number of aryl methyl sites for hydroxylation is 1. The van der Waals surface area contributed by atoms with Crippen LogP contribution in [0.4, 0.5) is 0 Å². The van der Waals surface area contributed by atoms with Crippen molar-refractivity contribution in [3.63, 3.8) is 0 Å².